The third-order valence-electron chi connectivity index (χ3n) is 2.63. The maximum atomic E-state index is 13.5. The van der Waals surface area contributed by atoms with Gasteiger partial charge >= 0.3 is 11.4 Å². The molecule has 0 radical (unpaired) electrons. The fraction of sp³-hybridized carbons (Fsp3) is 0.300. The number of hydrogen-bond donors (Lipinski definition) is 1. The molecule has 1 aliphatic heterocycles. The molecular weight excluding hydrogens is 379 g/mol. The van der Waals surface area contributed by atoms with Crippen LogP contribution in [-0.2, 0) is 3.79 Å². The van der Waals surface area contributed by atoms with Crippen LogP contribution < -0.4 is 9.47 Å². The molecule has 2 heterocycles. The molecule has 1 atom stereocenters. The van der Waals surface area contributed by atoms with Crippen LogP contribution >= 0.6 is 46.4 Å². The van der Waals surface area contributed by atoms with Crippen LogP contribution in [0.5, 0.6) is 11.5 Å². The van der Waals surface area contributed by atoms with Crippen molar-refractivity contribution in [3.63, 3.8) is 0 Å². The molecule has 1 aliphatic rings. The number of nitrogens with zero attached hydrogens (tertiary/aromatic N) is 1. The van der Waals surface area contributed by atoms with Gasteiger partial charge in [0.15, 0.2) is 17.3 Å². The van der Waals surface area contributed by atoms with Crippen molar-refractivity contribution in [3.05, 3.63) is 18.0 Å². The highest BCUT2D eigenvalue weighted by Gasteiger charge is 2.63. The molecule has 1 aromatic carbocycles. The van der Waals surface area contributed by atoms with Gasteiger partial charge in [-0.1, -0.05) is 34.8 Å². The van der Waals surface area contributed by atoms with E-state index in [4.69, 9.17) is 46.4 Å². The van der Waals surface area contributed by atoms with Gasteiger partial charge in [0.1, 0.15) is 0 Å². The Bertz CT molecular complexity index is 676. The Morgan fingerprint density at radius 1 is 1.10 bits per heavy atom. The lowest BCUT2D eigenvalue weighted by atomic mass is 10.2. The van der Waals surface area contributed by atoms with E-state index in [-0.39, 0.29) is 22.6 Å². The summed E-state index contributed by atoms with van der Waals surface area (Å²) in [7, 11) is 0. The van der Waals surface area contributed by atoms with Crippen molar-refractivity contribution in [3.8, 4) is 11.5 Å². The van der Waals surface area contributed by atoms with E-state index in [2.05, 4.69) is 19.4 Å². The maximum Gasteiger partial charge on any atom is 0.488 e. The van der Waals surface area contributed by atoms with Crippen LogP contribution in [0.4, 0.5) is 13.2 Å². The van der Waals surface area contributed by atoms with Crippen molar-refractivity contribution in [2.45, 2.75) is 15.2 Å². The molecule has 11 heteroatoms. The first-order valence-electron chi connectivity index (χ1n) is 5.24. The SMILES string of the molecule is FC1(F)Oc2cc3[nH]c(C(Cl)(Cl)Cl)nc3cc2OC1(F)Cl. The van der Waals surface area contributed by atoms with Gasteiger partial charge in [-0.3, -0.25) is 0 Å². The average Bonchev–Trinajstić information content (AvgIpc) is 2.69. The molecule has 0 spiro atoms. The summed E-state index contributed by atoms with van der Waals surface area (Å²) in [5.74, 6) is -0.830. The maximum absolute atomic E-state index is 13.5. The zero-order chi connectivity index (χ0) is 15.6. The summed E-state index contributed by atoms with van der Waals surface area (Å²) in [5.41, 5.74) is 0.423. The van der Waals surface area contributed by atoms with E-state index in [1.807, 2.05) is 0 Å². The largest absolute Gasteiger partial charge is 0.488 e. The van der Waals surface area contributed by atoms with Crippen molar-refractivity contribution in [2.24, 2.45) is 0 Å². The summed E-state index contributed by atoms with van der Waals surface area (Å²) in [6.07, 6.45) is -4.37. The summed E-state index contributed by atoms with van der Waals surface area (Å²) in [4.78, 5) is 6.56. The van der Waals surface area contributed by atoms with Crippen LogP contribution in [0.25, 0.3) is 11.0 Å². The van der Waals surface area contributed by atoms with Crippen LogP contribution in [0.15, 0.2) is 12.1 Å². The van der Waals surface area contributed by atoms with Crippen LogP contribution in [0, 0.1) is 0 Å². The first-order chi connectivity index (χ1) is 9.49. The Kier molecular flexibility index (Phi) is 3.16. The molecule has 0 saturated heterocycles. The number of hydrogen-bond acceptors (Lipinski definition) is 3. The number of benzene rings is 1. The van der Waals surface area contributed by atoms with E-state index >= 15 is 0 Å². The van der Waals surface area contributed by atoms with Gasteiger partial charge < -0.3 is 14.5 Å². The molecule has 0 bridgehead atoms. The minimum absolute atomic E-state index is 0.0472. The van der Waals surface area contributed by atoms with Gasteiger partial charge in [-0.25, -0.2) is 4.98 Å². The van der Waals surface area contributed by atoms with Crippen molar-refractivity contribution in [1.82, 2.24) is 9.97 Å². The summed E-state index contributed by atoms with van der Waals surface area (Å²) in [5, 5.41) is -3.83. The lowest BCUT2D eigenvalue weighted by Gasteiger charge is -2.33. The number of H-pyrrole nitrogens is 1. The predicted molar refractivity (Wildman–Crippen MR) is 71.2 cm³/mol. The van der Waals surface area contributed by atoms with Crippen molar-refractivity contribution in [2.75, 3.05) is 0 Å². The van der Waals surface area contributed by atoms with Crippen LogP contribution in [0.2, 0.25) is 0 Å². The Morgan fingerprint density at radius 3 is 2.33 bits per heavy atom. The minimum atomic E-state index is -4.37. The fourth-order valence-corrected chi connectivity index (χ4v) is 2.10. The molecule has 1 aromatic heterocycles. The van der Waals surface area contributed by atoms with Gasteiger partial charge in [0.05, 0.1) is 11.0 Å². The van der Waals surface area contributed by atoms with Crippen LogP contribution in [0.3, 0.4) is 0 Å². The second-order valence-corrected chi connectivity index (χ2v) is 6.90. The van der Waals surface area contributed by atoms with Gasteiger partial charge in [0.25, 0.3) is 0 Å². The molecule has 0 aliphatic carbocycles. The number of imidazole rings is 1. The van der Waals surface area contributed by atoms with Crippen molar-refractivity contribution in [1.29, 1.82) is 0 Å². The molecule has 114 valence electrons. The molecule has 1 N–H and O–H groups in total. The number of fused-ring (bicyclic) bond motifs is 2. The number of aromatic amines is 1. The standard InChI is InChI=1S/C10H3Cl4F3N2O2/c11-8(12,13)7-18-3-1-5-6(2-4(3)19-7)21-10(16,17)9(14,15)20-5/h1-2H,(H,18,19). The predicted octanol–water partition coefficient (Wildman–Crippen LogP) is 4.62. The third kappa shape index (κ3) is 2.46. The molecule has 2 aromatic rings. The zero-order valence-corrected chi connectivity index (χ0v) is 12.6. The number of halogens is 7. The molecule has 0 fully saturated rings. The Morgan fingerprint density at radius 2 is 1.71 bits per heavy atom. The highest BCUT2D eigenvalue weighted by molar-refractivity contribution is 6.66. The van der Waals surface area contributed by atoms with Crippen LogP contribution in [-0.4, -0.2) is 21.4 Å². The lowest BCUT2D eigenvalue weighted by molar-refractivity contribution is -0.303. The Hall–Kier alpha value is -0.760. The van der Waals surface area contributed by atoms with E-state index in [9.17, 15) is 13.2 Å². The van der Waals surface area contributed by atoms with Gasteiger partial charge in [0, 0.05) is 12.1 Å². The van der Waals surface area contributed by atoms with E-state index in [1.165, 1.54) is 0 Å². The fourth-order valence-electron chi connectivity index (χ4n) is 1.71. The van der Waals surface area contributed by atoms with Gasteiger partial charge in [0.2, 0.25) is 3.79 Å². The molecular formula is C10H3Cl4F3N2O2. The zero-order valence-electron chi connectivity index (χ0n) is 9.56. The van der Waals surface area contributed by atoms with Gasteiger partial charge in [-0.05, 0) is 11.6 Å². The number of alkyl halides is 7. The topological polar surface area (TPSA) is 47.1 Å². The van der Waals surface area contributed by atoms with E-state index in [0.29, 0.717) is 0 Å². The van der Waals surface area contributed by atoms with Crippen molar-refractivity contribution >= 4 is 57.4 Å². The number of nitrogens with one attached hydrogen (secondary N) is 1. The molecule has 21 heavy (non-hydrogen) atoms. The number of aromatic nitrogens is 2. The Balaban J connectivity index is 2.14. The Labute approximate surface area is 135 Å². The summed E-state index contributed by atoms with van der Waals surface area (Å²) in [6.45, 7) is 0. The third-order valence-corrected chi connectivity index (χ3v) is 3.47. The van der Waals surface area contributed by atoms with E-state index in [1.54, 1.807) is 0 Å². The summed E-state index contributed by atoms with van der Waals surface area (Å²) >= 11 is 21.9. The summed E-state index contributed by atoms with van der Waals surface area (Å²) < 4.78 is 46.9. The number of ether oxygens (including phenoxy) is 2. The van der Waals surface area contributed by atoms with E-state index in [0.717, 1.165) is 12.1 Å². The monoisotopic (exact) mass is 380 g/mol. The average molecular weight is 382 g/mol. The first-order valence-corrected chi connectivity index (χ1v) is 6.75. The smallest absolute Gasteiger partial charge is 0.434 e. The number of rotatable bonds is 0. The first kappa shape index (κ1) is 15.1. The molecule has 4 nitrogen and oxygen atoms in total. The molecule has 0 amide bonds. The summed E-state index contributed by atoms with van der Waals surface area (Å²) in [6, 6.07) is 2.24. The lowest BCUT2D eigenvalue weighted by Crippen LogP contribution is -2.51. The normalized spacial score (nSPS) is 24.3. The molecule has 1 unspecified atom stereocenters. The van der Waals surface area contributed by atoms with E-state index < -0.39 is 21.0 Å². The molecule has 3 rings (SSSR count). The minimum Gasteiger partial charge on any atom is -0.434 e. The van der Waals surface area contributed by atoms with Gasteiger partial charge in [-0.2, -0.15) is 13.2 Å². The van der Waals surface area contributed by atoms with Gasteiger partial charge in [-0.15, -0.1) is 0 Å². The highest BCUT2D eigenvalue weighted by atomic mass is 35.6. The second-order valence-electron chi connectivity index (χ2n) is 4.14. The quantitative estimate of drug-likeness (QED) is 0.677. The second kappa shape index (κ2) is 4.38. The van der Waals surface area contributed by atoms with Crippen molar-refractivity contribution < 1.29 is 22.6 Å². The highest BCUT2D eigenvalue weighted by Crippen LogP contribution is 2.49. The molecule has 0 saturated carbocycles. The van der Waals surface area contributed by atoms with Crippen LogP contribution in [0.1, 0.15) is 5.82 Å².